The molecule has 0 radical (unpaired) electrons. The molecule has 26 heavy (non-hydrogen) atoms. The zero-order chi connectivity index (χ0) is 18.5. The second-order valence-electron chi connectivity index (χ2n) is 6.93. The fourth-order valence-electron chi connectivity index (χ4n) is 3.51. The SMILES string of the molecule is CC(NC(=O)N1CCC(C(=O)N2CCOCC2)CC1)c1cccc(Br)c1. The van der Waals surface area contributed by atoms with Gasteiger partial charge in [-0.2, -0.15) is 0 Å². The van der Waals surface area contributed by atoms with Crippen LogP contribution in [0, 0.1) is 5.92 Å². The van der Waals surface area contributed by atoms with E-state index in [1.165, 1.54) is 0 Å². The fraction of sp³-hybridized carbons (Fsp3) is 0.579. The highest BCUT2D eigenvalue weighted by Gasteiger charge is 2.31. The standard InChI is InChI=1S/C19H26BrN3O3/c1-14(16-3-2-4-17(20)13-16)21-19(25)23-7-5-15(6-8-23)18(24)22-9-11-26-12-10-22/h2-4,13-15H,5-12H2,1H3,(H,21,25). The summed E-state index contributed by atoms with van der Waals surface area (Å²) in [5, 5.41) is 3.05. The van der Waals surface area contributed by atoms with Crippen LogP contribution in [-0.2, 0) is 9.53 Å². The number of nitrogens with one attached hydrogen (secondary N) is 1. The molecular formula is C19H26BrN3O3. The summed E-state index contributed by atoms with van der Waals surface area (Å²) in [6.07, 6.45) is 1.46. The van der Waals surface area contributed by atoms with Crippen molar-refractivity contribution in [1.29, 1.82) is 0 Å². The maximum absolute atomic E-state index is 12.6. The minimum absolute atomic E-state index is 0.0275. The van der Waals surface area contributed by atoms with Crippen molar-refractivity contribution in [3.05, 3.63) is 34.3 Å². The Labute approximate surface area is 163 Å². The average Bonchev–Trinajstić information content (AvgIpc) is 2.68. The number of hydrogen-bond donors (Lipinski definition) is 1. The Morgan fingerprint density at radius 1 is 1.15 bits per heavy atom. The Morgan fingerprint density at radius 2 is 1.85 bits per heavy atom. The number of hydrogen-bond acceptors (Lipinski definition) is 3. The van der Waals surface area contributed by atoms with E-state index in [0.29, 0.717) is 39.4 Å². The summed E-state index contributed by atoms with van der Waals surface area (Å²) in [6, 6.07) is 7.82. The van der Waals surface area contributed by atoms with Gasteiger partial charge in [-0.25, -0.2) is 4.79 Å². The number of benzene rings is 1. The second kappa shape index (κ2) is 8.86. The first-order valence-corrected chi connectivity index (χ1v) is 10.0. The third-order valence-electron chi connectivity index (χ3n) is 5.14. The van der Waals surface area contributed by atoms with Gasteiger partial charge in [-0.3, -0.25) is 4.79 Å². The smallest absolute Gasteiger partial charge is 0.317 e. The molecule has 0 bridgehead atoms. The van der Waals surface area contributed by atoms with Crippen molar-refractivity contribution in [2.45, 2.75) is 25.8 Å². The molecule has 1 unspecified atom stereocenters. The highest BCUT2D eigenvalue weighted by Crippen LogP contribution is 2.22. The van der Waals surface area contributed by atoms with Crippen LogP contribution in [0.4, 0.5) is 4.79 Å². The molecule has 142 valence electrons. The van der Waals surface area contributed by atoms with Crippen molar-refractivity contribution < 1.29 is 14.3 Å². The molecule has 7 heteroatoms. The molecule has 6 nitrogen and oxygen atoms in total. The second-order valence-corrected chi connectivity index (χ2v) is 7.84. The maximum atomic E-state index is 12.6. The number of nitrogens with zero attached hydrogens (tertiary/aromatic N) is 2. The number of likely N-dealkylation sites (tertiary alicyclic amines) is 1. The normalized spacial score (nSPS) is 19.9. The summed E-state index contributed by atoms with van der Waals surface area (Å²) < 4.78 is 6.31. The molecule has 0 saturated carbocycles. The Kier molecular flexibility index (Phi) is 6.53. The molecule has 1 aromatic carbocycles. The van der Waals surface area contributed by atoms with Crippen molar-refractivity contribution >= 4 is 27.9 Å². The fourth-order valence-corrected chi connectivity index (χ4v) is 3.92. The summed E-state index contributed by atoms with van der Waals surface area (Å²) in [7, 11) is 0. The van der Waals surface area contributed by atoms with Gasteiger partial charge in [0, 0.05) is 36.6 Å². The van der Waals surface area contributed by atoms with Gasteiger partial charge in [0.25, 0.3) is 0 Å². The Morgan fingerprint density at radius 3 is 2.50 bits per heavy atom. The molecule has 0 aromatic heterocycles. The summed E-state index contributed by atoms with van der Waals surface area (Å²) in [5.74, 6) is 0.246. The largest absolute Gasteiger partial charge is 0.378 e. The molecular weight excluding hydrogens is 398 g/mol. The van der Waals surface area contributed by atoms with Crippen LogP contribution in [0.2, 0.25) is 0 Å². The number of morpholine rings is 1. The predicted octanol–water partition coefficient (Wildman–Crippen LogP) is 2.79. The maximum Gasteiger partial charge on any atom is 0.317 e. The Hall–Kier alpha value is -1.60. The molecule has 0 spiro atoms. The van der Waals surface area contributed by atoms with Gasteiger partial charge in [-0.1, -0.05) is 28.1 Å². The minimum Gasteiger partial charge on any atom is -0.378 e. The van der Waals surface area contributed by atoms with Crippen LogP contribution in [0.25, 0.3) is 0 Å². The van der Waals surface area contributed by atoms with E-state index in [-0.39, 0.29) is 23.9 Å². The average molecular weight is 424 g/mol. The van der Waals surface area contributed by atoms with Gasteiger partial charge in [0.15, 0.2) is 0 Å². The summed E-state index contributed by atoms with van der Waals surface area (Å²) >= 11 is 3.46. The number of rotatable bonds is 3. The van der Waals surface area contributed by atoms with Gasteiger partial charge in [-0.15, -0.1) is 0 Å². The Bertz CT molecular complexity index is 641. The summed E-state index contributed by atoms with van der Waals surface area (Å²) in [5.41, 5.74) is 1.06. The summed E-state index contributed by atoms with van der Waals surface area (Å²) in [4.78, 5) is 28.8. The Balaban J connectivity index is 1.48. The molecule has 1 N–H and O–H groups in total. The monoisotopic (exact) mass is 423 g/mol. The van der Waals surface area contributed by atoms with Crippen LogP contribution in [0.5, 0.6) is 0 Å². The molecule has 2 aliphatic heterocycles. The van der Waals surface area contributed by atoms with Crippen LogP contribution >= 0.6 is 15.9 Å². The van der Waals surface area contributed by atoms with Crippen molar-refractivity contribution in [2.24, 2.45) is 5.92 Å². The van der Waals surface area contributed by atoms with Gasteiger partial charge in [0.05, 0.1) is 19.3 Å². The number of piperidine rings is 1. The van der Waals surface area contributed by atoms with Gasteiger partial charge >= 0.3 is 6.03 Å². The molecule has 2 fully saturated rings. The van der Waals surface area contributed by atoms with Gasteiger partial charge < -0.3 is 19.9 Å². The molecule has 1 aromatic rings. The first-order valence-electron chi connectivity index (χ1n) is 9.22. The van der Waals surface area contributed by atoms with Crippen molar-refractivity contribution in [1.82, 2.24) is 15.1 Å². The van der Waals surface area contributed by atoms with E-state index >= 15 is 0 Å². The third-order valence-corrected chi connectivity index (χ3v) is 5.64. The lowest BCUT2D eigenvalue weighted by Gasteiger charge is -2.35. The van der Waals surface area contributed by atoms with Crippen molar-refractivity contribution in [2.75, 3.05) is 39.4 Å². The van der Waals surface area contributed by atoms with Crippen LogP contribution in [0.15, 0.2) is 28.7 Å². The van der Waals surface area contributed by atoms with Gasteiger partial charge in [0.2, 0.25) is 5.91 Å². The van der Waals surface area contributed by atoms with Crippen LogP contribution < -0.4 is 5.32 Å². The van der Waals surface area contributed by atoms with E-state index < -0.39 is 0 Å². The van der Waals surface area contributed by atoms with Gasteiger partial charge in [0.1, 0.15) is 0 Å². The predicted molar refractivity (Wildman–Crippen MR) is 103 cm³/mol. The molecule has 3 amide bonds. The molecule has 2 aliphatic rings. The van der Waals surface area contributed by atoms with E-state index in [1.807, 2.05) is 41.0 Å². The van der Waals surface area contributed by atoms with E-state index in [1.54, 1.807) is 0 Å². The lowest BCUT2D eigenvalue weighted by atomic mass is 9.95. The van der Waals surface area contributed by atoms with Crippen LogP contribution in [-0.4, -0.2) is 61.1 Å². The van der Waals surface area contributed by atoms with Crippen molar-refractivity contribution in [3.8, 4) is 0 Å². The molecule has 2 heterocycles. The van der Waals surface area contributed by atoms with E-state index in [2.05, 4.69) is 21.2 Å². The lowest BCUT2D eigenvalue weighted by molar-refractivity contribution is -0.141. The first-order chi connectivity index (χ1) is 12.5. The van der Waals surface area contributed by atoms with Crippen LogP contribution in [0.1, 0.15) is 31.4 Å². The highest BCUT2D eigenvalue weighted by molar-refractivity contribution is 9.10. The molecule has 2 saturated heterocycles. The topological polar surface area (TPSA) is 61.9 Å². The number of ether oxygens (including phenoxy) is 1. The molecule has 1 atom stereocenters. The summed E-state index contributed by atoms with van der Waals surface area (Å²) in [6.45, 7) is 5.85. The van der Waals surface area contributed by atoms with Crippen molar-refractivity contribution in [3.63, 3.8) is 0 Å². The quantitative estimate of drug-likeness (QED) is 0.812. The number of carbonyl (C=O) groups is 2. The highest BCUT2D eigenvalue weighted by atomic mass is 79.9. The zero-order valence-electron chi connectivity index (χ0n) is 15.1. The number of amides is 3. The van der Waals surface area contributed by atoms with Crippen LogP contribution in [0.3, 0.4) is 0 Å². The molecule has 0 aliphatic carbocycles. The zero-order valence-corrected chi connectivity index (χ0v) is 16.7. The minimum atomic E-state index is -0.0623. The van der Waals surface area contributed by atoms with E-state index in [0.717, 1.165) is 22.9 Å². The number of urea groups is 1. The molecule has 3 rings (SSSR count). The van der Waals surface area contributed by atoms with Gasteiger partial charge in [-0.05, 0) is 37.5 Å². The first kappa shape index (κ1) is 19.2. The number of halogens is 1. The number of carbonyl (C=O) groups excluding carboxylic acids is 2. The van der Waals surface area contributed by atoms with E-state index in [4.69, 9.17) is 4.74 Å². The lowest BCUT2D eigenvalue weighted by Crippen LogP contribution is -2.49. The van der Waals surface area contributed by atoms with E-state index in [9.17, 15) is 9.59 Å². The third kappa shape index (κ3) is 4.76.